The van der Waals surface area contributed by atoms with E-state index in [0.29, 0.717) is 17.1 Å². The minimum atomic E-state index is -3.80. The van der Waals surface area contributed by atoms with Crippen molar-refractivity contribution in [3.63, 3.8) is 0 Å². The molecule has 3 heterocycles. The van der Waals surface area contributed by atoms with E-state index in [1.165, 1.54) is 19.6 Å². The van der Waals surface area contributed by atoms with Crippen molar-refractivity contribution in [2.75, 3.05) is 13.1 Å². The first-order valence-electron chi connectivity index (χ1n) is 11.4. The van der Waals surface area contributed by atoms with Crippen molar-refractivity contribution in [3.05, 3.63) is 35.8 Å². The van der Waals surface area contributed by atoms with E-state index in [4.69, 9.17) is 23.5 Å². The lowest BCUT2D eigenvalue weighted by Gasteiger charge is -2.25. The minimum Gasteiger partial charge on any atom is -0.462 e. The summed E-state index contributed by atoms with van der Waals surface area (Å²) in [6.07, 6.45) is 1.50. The highest BCUT2D eigenvalue weighted by Gasteiger charge is 2.32. The smallest absolute Gasteiger partial charge is 0.342 e. The Labute approximate surface area is 212 Å². The summed E-state index contributed by atoms with van der Waals surface area (Å²) in [6.45, 7) is 7.06. The monoisotopic (exact) mass is 534 g/mol. The summed E-state index contributed by atoms with van der Waals surface area (Å²) in [5.74, 6) is 0.584. The van der Waals surface area contributed by atoms with Crippen LogP contribution in [-0.2, 0) is 25.4 Å². The zero-order valence-corrected chi connectivity index (χ0v) is 21.6. The van der Waals surface area contributed by atoms with Gasteiger partial charge in [0.25, 0.3) is 0 Å². The van der Waals surface area contributed by atoms with Crippen molar-refractivity contribution in [2.24, 2.45) is 5.18 Å². The number of fused-ring (bicyclic) bond motifs is 2. The largest absolute Gasteiger partial charge is 0.462 e. The molecule has 0 saturated heterocycles. The lowest BCUT2D eigenvalue weighted by molar-refractivity contribution is -0.149. The number of nitrogens with one attached hydrogen (secondary N) is 1. The fourth-order valence-electron chi connectivity index (χ4n) is 3.50. The van der Waals surface area contributed by atoms with Crippen molar-refractivity contribution in [2.45, 2.75) is 52.5 Å². The highest BCUT2D eigenvalue weighted by Crippen LogP contribution is 2.46. The Balaban J connectivity index is 1.48. The fourth-order valence-corrected chi connectivity index (χ4v) is 5.28. The van der Waals surface area contributed by atoms with Crippen LogP contribution in [0.15, 0.2) is 36.0 Å². The average Bonchev–Trinajstić information content (AvgIpc) is 3.49. The molecule has 0 saturated carbocycles. The Morgan fingerprint density at radius 3 is 2.73 bits per heavy atom. The van der Waals surface area contributed by atoms with Gasteiger partial charge in [-0.25, -0.2) is 20.0 Å². The van der Waals surface area contributed by atoms with Gasteiger partial charge in [-0.1, -0.05) is 0 Å². The predicted octanol–water partition coefficient (Wildman–Crippen LogP) is 3.52. The van der Waals surface area contributed by atoms with Crippen molar-refractivity contribution < 1.29 is 32.8 Å². The number of rotatable bonds is 12. The van der Waals surface area contributed by atoms with Gasteiger partial charge in [-0.2, -0.15) is 0 Å². The maximum atomic E-state index is 13.9. The van der Waals surface area contributed by atoms with Gasteiger partial charge in [-0.15, -0.1) is 4.91 Å². The van der Waals surface area contributed by atoms with Crippen LogP contribution in [0.25, 0.3) is 11.2 Å². The lowest BCUT2D eigenvalue weighted by Crippen LogP contribution is -2.37. The molecule has 0 aliphatic carbocycles. The van der Waals surface area contributed by atoms with Crippen molar-refractivity contribution in [1.82, 2.24) is 24.6 Å². The maximum absolute atomic E-state index is 13.9. The molecule has 1 aliphatic heterocycles. The van der Waals surface area contributed by atoms with Gasteiger partial charge >= 0.3 is 13.5 Å². The number of aromatic nitrogens is 4. The summed E-state index contributed by atoms with van der Waals surface area (Å²) in [5.41, 5.74) is 0.670. The first kappa shape index (κ1) is 26.5. The summed E-state index contributed by atoms with van der Waals surface area (Å²) in [7, 11) is -3.80. The number of hydrogen-bond donors (Lipinski definition) is 1. The molecule has 4 rings (SSSR count). The molecule has 1 aliphatic rings. The van der Waals surface area contributed by atoms with Crippen LogP contribution in [-0.4, -0.2) is 56.9 Å². The van der Waals surface area contributed by atoms with E-state index in [2.05, 4.69) is 25.2 Å². The number of carbonyl (C=O) groups excluding carboxylic acids is 1. The standard InChI is InChI=1S/C22H27N6O8P/c1-13(2)35-22(29)15(4)27-37(31,36-16-5-6-17-18(7-16)33-11-32-17)12-34-14(3)8-28-10-25-19-20(26-30)23-9-24-21(19)28/h5-7,9-10,13-15H,8,11-12H2,1-4H3,(H,27,31)/t14-,15-,37-/m1/s1. The number of ether oxygens (including phenoxy) is 4. The van der Waals surface area contributed by atoms with E-state index < -0.39 is 25.6 Å². The number of nitroso groups, excluding NO2 is 1. The first-order chi connectivity index (χ1) is 17.7. The molecule has 0 unspecified atom stereocenters. The molecule has 198 valence electrons. The van der Waals surface area contributed by atoms with Crippen LogP contribution in [0.2, 0.25) is 0 Å². The third kappa shape index (κ3) is 6.40. The topological polar surface area (TPSA) is 165 Å². The quantitative estimate of drug-likeness (QED) is 0.204. The summed E-state index contributed by atoms with van der Waals surface area (Å²) in [6, 6.07) is 3.83. The van der Waals surface area contributed by atoms with E-state index >= 15 is 0 Å². The van der Waals surface area contributed by atoms with Gasteiger partial charge in [0.1, 0.15) is 24.5 Å². The normalized spacial score (nSPS) is 15.8. The number of benzene rings is 1. The molecular weight excluding hydrogens is 507 g/mol. The third-order valence-corrected chi connectivity index (χ3v) is 6.92. The second-order valence-corrected chi connectivity index (χ2v) is 10.6. The Morgan fingerprint density at radius 2 is 1.97 bits per heavy atom. The molecule has 0 spiro atoms. The van der Waals surface area contributed by atoms with Gasteiger partial charge in [0.15, 0.2) is 22.7 Å². The number of carbonyl (C=O) groups is 1. The highest BCUT2D eigenvalue weighted by molar-refractivity contribution is 7.57. The Hall–Kier alpha value is -3.61. The molecule has 37 heavy (non-hydrogen) atoms. The van der Waals surface area contributed by atoms with Crippen molar-refractivity contribution in [3.8, 4) is 17.2 Å². The summed E-state index contributed by atoms with van der Waals surface area (Å²) in [5, 5.41) is 5.60. The molecule has 1 aromatic carbocycles. The van der Waals surface area contributed by atoms with Crippen LogP contribution < -0.4 is 19.1 Å². The summed E-state index contributed by atoms with van der Waals surface area (Å²) in [4.78, 5) is 35.4. The van der Waals surface area contributed by atoms with E-state index in [9.17, 15) is 14.3 Å². The maximum Gasteiger partial charge on any atom is 0.342 e. The van der Waals surface area contributed by atoms with Crippen LogP contribution in [0, 0.1) is 4.91 Å². The Morgan fingerprint density at radius 1 is 1.19 bits per heavy atom. The molecule has 2 aromatic heterocycles. The molecule has 0 amide bonds. The SMILES string of the molecule is CC(C)OC(=O)[C@@H](C)N[P@@](=O)(CO[C@H](C)Cn1cnc2c(N=O)ncnc21)Oc1ccc2c(c1)OCO2. The van der Waals surface area contributed by atoms with Gasteiger partial charge in [0, 0.05) is 6.07 Å². The van der Waals surface area contributed by atoms with Crippen molar-refractivity contribution >= 4 is 30.5 Å². The molecule has 14 nitrogen and oxygen atoms in total. The minimum absolute atomic E-state index is 0.0644. The van der Waals surface area contributed by atoms with Crippen molar-refractivity contribution in [1.29, 1.82) is 0 Å². The van der Waals surface area contributed by atoms with Crippen LogP contribution in [0.4, 0.5) is 5.82 Å². The number of nitrogens with zero attached hydrogens (tertiary/aromatic N) is 5. The molecule has 3 atom stereocenters. The molecule has 0 fully saturated rings. The zero-order chi connectivity index (χ0) is 26.6. The number of esters is 1. The second-order valence-electron chi connectivity index (χ2n) is 8.58. The summed E-state index contributed by atoms with van der Waals surface area (Å²) >= 11 is 0. The molecule has 1 N–H and O–H groups in total. The van der Waals surface area contributed by atoms with Crippen LogP contribution in [0.3, 0.4) is 0 Å². The van der Waals surface area contributed by atoms with Crippen LogP contribution in [0.1, 0.15) is 27.7 Å². The highest BCUT2D eigenvalue weighted by atomic mass is 31.2. The third-order valence-electron chi connectivity index (χ3n) is 5.14. The zero-order valence-electron chi connectivity index (χ0n) is 20.7. The van der Waals surface area contributed by atoms with Gasteiger partial charge in [0.2, 0.25) is 12.6 Å². The van der Waals surface area contributed by atoms with Gasteiger partial charge in [-0.3, -0.25) is 9.36 Å². The van der Waals surface area contributed by atoms with Crippen LogP contribution >= 0.6 is 7.52 Å². The molecule has 3 aromatic rings. The molecular formula is C22H27N6O8P. The van der Waals surface area contributed by atoms with Crippen LogP contribution in [0.5, 0.6) is 17.2 Å². The lowest BCUT2D eigenvalue weighted by atomic mass is 10.3. The summed E-state index contributed by atoms with van der Waals surface area (Å²) < 4.78 is 43.1. The molecule has 0 bridgehead atoms. The number of hydrogen-bond acceptors (Lipinski definition) is 12. The van der Waals surface area contributed by atoms with Gasteiger partial charge in [0.05, 0.1) is 25.1 Å². The van der Waals surface area contributed by atoms with E-state index in [-0.39, 0.29) is 42.9 Å². The molecule has 15 heteroatoms. The second kappa shape index (κ2) is 11.2. The first-order valence-corrected chi connectivity index (χ1v) is 13.3. The molecule has 0 radical (unpaired) electrons. The van der Waals surface area contributed by atoms with E-state index in [0.717, 1.165) is 0 Å². The number of imidazole rings is 1. The van der Waals surface area contributed by atoms with Gasteiger partial charge < -0.3 is 28.0 Å². The Bertz CT molecular complexity index is 1330. The predicted molar refractivity (Wildman–Crippen MR) is 131 cm³/mol. The van der Waals surface area contributed by atoms with Gasteiger partial charge in [-0.05, 0) is 45.0 Å². The Kier molecular flexibility index (Phi) is 8.00. The van der Waals surface area contributed by atoms with E-state index in [1.807, 2.05) is 0 Å². The fraction of sp³-hybridized carbons (Fsp3) is 0.455. The van der Waals surface area contributed by atoms with E-state index in [1.54, 1.807) is 43.5 Å². The average molecular weight is 534 g/mol.